The second kappa shape index (κ2) is 8.17. The summed E-state index contributed by atoms with van der Waals surface area (Å²) in [4.78, 5) is 12.3. The van der Waals surface area contributed by atoms with Gasteiger partial charge in [-0.15, -0.1) is 0 Å². The zero-order chi connectivity index (χ0) is 15.9. The first-order valence-corrected chi connectivity index (χ1v) is 8.42. The predicted octanol–water partition coefficient (Wildman–Crippen LogP) is 4.97. The Hall–Kier alpha value is -1.56. The van der Waals surface area contributed by atoms with Gasteiger partial charge in [-0.25, -0.2) is 0 Å². The smallest absolute Gasteiger partial charge is 0.255 e. The highest BCUT2D eigenvalue weighted by Gasteiger charge is 2.07. The predicted molar refractivity (Wildman–Crippen MR) is 98.5 cm³/mol. The summed E-state index contributed by atoms with van der Waals surface area (Å²) in [6.45, 7) is 4.99. The van der Waals surface area contributed by atoms with Gasteiger partial charge in [-0.2, -0.15) is 0 Å². The molecule has 0 atom stereocenters. The van der Waals surface area contributed by atoms with Crippen molar-refractivity contribution in [2.75, 3.05) is 11.9 Å². The van der Waals surface area contributed by atoms with Crippen molar-refractivity contribution in [1.29, 1.82) is 0 Å². The largest absolute Gasteiger partial charge is 0.494 e. The first-order valence-electron chi connectivity index (χ1n) is 7.34. The number of nitrogens with one attached hydrogen (secondary N) is 1. The van der Waals surface area contributed by atoms with Crippen LogP contribution in [0.4, 0.5) is 5.69 Å². The Kier molecular flexibility index (Phi) is 6.24. The molecule has 0 aliphatic carbocycles. The molecule has 3 nitrogen and oxygen atoms in total. The third-order valence-corrected chi connectivity index (χ3v) is 3.88. The number of rotatable bonds is 6. The van der Waals surface area contributed by atoms with Crippen LogP contribution < -0.4 is 10.1 Å². The van der Waals surface area contributed by atoms with Crippen molar-refractivity contribution in [3.8, 4) is 5.75 Å². The molecule has 0 aromatic heterocycles. The van der Waals surface area contributed by atoms with E-state index in [1.165, 1.54) is 0 Å². The van der Waals surface area contributed by atoms with E-state index >= 15 is 0 Å². The summed E-state index contributed by atoms with van der Waals surface area (Å²) in [5, 5.41) is 2.89. The standard InChI is InChI=1S/C18H20INO2/c1-13(2)10-11-22-17-5-3-4-14(12-17)18(21)20-16-8-6-15(19)7-9-16/h3-9,12-13H,10-11H2,1-2H3,(H,20,21). The number of hydrogen-bond acceptors (Lipinski definition) is 2. The summed E-state index contributed by atoms with van der Waals surface area (Å²) in [5.74, 6) is 1.21. The topological polar surface area (TPSA) is 38.3 Å². The monoisotopic (exact) mass is 409 g/mol. The first kappa shape index (κ1) is 16.8. The number of carbonyl (C=O) groups is 1. The van der Waals surface area contributed by atoms with Crippen LogP contribution >= 0.6 is 22.6 Å². The molecule has 2 rings (SSSR count). The molecule has 2 aromatic carbocycles. The van der Waals surface area contributed by atoms with E-state index in [-0.39, 0.29) is 5.91 Å². The minimum atomic E-state index is -0.129. The highest BCUT2D eigenvalue weighted by atomic mass is 127. The summed E-state index contributed by atoms with van der Waals surface area (Å²) < 4.78 is 6.83. The quantitative estimate of drug-likeness (QED) is 0.685. The molecule has 0 aliphatic rings. The summed E-state index contributed by atoms with van der Waals surface area (Å²) in [6, 6.07) is 15.0. The molecule has 1 N–H and O–H groups in total. The molecule has 0 saturated heterocycles. The molecule has 1 amide bonds. The van der Waals surface area contributed by atoms with Gasteiger partial charge in [0.25, 0.3) is 5.91 Å². The molecule has 4 heteroatoms. The molecule has 0 unspecified atom stereocenters. The molecule has 0 radical (unpaired) electrons. The second-order valence-corrected chi connectivity index (χ2v) is 6.77. The van der Waals surface area contributed by atoms with Gasteiger partial charge in [0.2, 0.25) is 0 Å². The first-order chi connectivity index (χ1) is 10.5. The van der Waals surface area contributed by atoms with Gasteiger partial charge in [0, 0.05) is 14.8 Å². The van der Waals surface area contributed by atoms with E-state index in [0.29, 0.717) is 18.1 Å². The highest BCUT2D eigenvalue weighted by molar-refractivity contribution is 14.1. The van der Waals surface area contributed by atoms with E-state index in [1.807, 2.05) is 36.4 Å². The molecule has 0 fully saturated rings. The number of halogens is 1. The Balaban J connectivity index is 1.99. The van der Waals surface area contributed by atoms with Crippen LogP contribution in [0.1, 0.15) is 30.6 Å². The van der Waals surface area contributed by atoms with Crippen LogP contribution in [0.15, 0.2) is 48.5 Å². The third-order valence-electron chi connectivity index (χ3n) is 3.16. The van der Waals surface area contributed by atoms with Crippen LogP contribution in [0, 0.1) is 9.49 Å². The number of benzene rings is 2. The van der Waals surface area contributed by atoms with Crippen LogP contribution in [-0.4, -0.2) is 12.5 Å². The van der Waals surface area contributed by atoms with Crippen LogP contribution in [-0.2, 0) is 0 Å². The number of carbonyl (C=O) groups excluding carboxylic acids is 1. The van der Waals surface area contributed by atoms with Gasteiger partial charge < -0.3 is 10.1 Å². The lowest BCUT2D eigenvalue weighted by Gasteiger charge is -2.10. The van der Waals surface area contributed by atoms with Gasteiger partial charge in [0.05, 0.1) is 6.61 Å². The Morgan fingerprint density at radius 3 is 2.59 bits per heavy atom. The van der Waals surface area contributed by atoms with E-state index < -0.39 is 0 Å². The minimum Gasteiger partial charge on any atom is -0.494 e. The molecule has 0 saturated carbocycles. The molecule has 0 aliphatic heterocycles. The molecule has 116 valence electrons. The average molecular weight is 409 g/mol. The fourth-order valence-electron chi connectivity index (χ4n) is 1.88. The van der Waals surface area contributed by atoms with E-state index in [4.69, 9.17) is 4.74 Å². The highest BCUT2D eigenvalue weighted by Crippen LogP contribution is 2.17. The maximum atomic E-state index is 12.3. The molecule has 0 bridgehead atoms. The number of anilines is 1. The zero-order valence-corrected chi connectivity index (χ0v) is 15.0. The van der Waals surface area contributed by atoms with Crippen molar-refractivity contribution < 1.29 is 9.53 Å². The normalized spacial score (nSPS) is 10.5. The summed E-state index contributed by atoms with van der Waals surface area (Å²) in [7, 11) is 0. The molecule has 0 spiro atoms. The summed E-state index contributed by atoms with van der Waals surface area (Å²) in [6.07, 6.45) is 0.999. The Labute approximate surface area is 145 Å². The van der Waals surface area contributed by atoms with Crippen molar-refractivity contribution >= 4 is 34.2 Å². The minimum absolute atomic E-state index is 0.129. The van der Waals surface area contributed by atoms with E-state index in [0.717, 1.165) is 21.4 Å². The van der Waals surface area contributed by atoms with Crippen molar-refractivity contribution in [2.45, 2.75) is 20.3 Å². The van der Waals surface area contributed by atoms with Gasteiger partial charge in [-0.1, -0.05) is 19.9 Å². The van der Waals surface area contributed by atoms with Crippen molar-refractivity contribution in [3.63, 3.8) is 0 Å². The Bertz CT molecular complexity index is 623. The number of hydrogen-bond donors (Lipinski definition) is 1. The molecule has 22 heavy (non-hydrogen) atoms. The third kappa shape index (κ3) is 5.33. The van der Waals surface area contributed by atoms with Crippen molar-refractivity contribution in [3.05, 3.63) is 57.7 Å². The second-order valence-electron chi connectivity index (χ2n) is 5.52. The average Bonchev–Trinajstić information content (AvgIpc) is 2.49. The molecular weight excluding hydrogens is 389 g/mol. The van der Waals surface area contributed by atoms with Crippen LogP contribution in [0.3, 0.4) is 0 Å². The van der Waals surface area contributed by atoms with Crippen LogP contribution in [0.5, 0.6) is 5.75 Å². The Morgan fingerprint density at radius 1 is 1.18 bits per heavy atom. The maximum Gasteiger partial charge on any atom is 0.255 e. The van der Waals surface area contributed by atoms with Crippen molar-refractivity contribution in [2.24, 2.45) is 5.92 Å². The SMILES string of the molecule is CC(C)CCOc1cccc(C(=O)Nc2ccc(I)cc2)c1. The van der Waals surface area contributed by atoms with Gasteiger partial charge in [-0.05, 0) is 77.4 Å². The van der Waals surface area contributed by atoms with Gasteiger partial charge in [0.15, 0.2) is 0 Å². The lowest BCUT2D eigenvalue weighted by molar-refractivity contribution is 0.102. The van der Waals surface area contributed by atoms with Crippen molar-refractivity contribution in [1.82, 2.24) is 0 Å². The molecule has 0 heterocycles. The number of ether oxygens (including phenoxy) is 1. The zero-order valence-electron chi connectivity index (χ0n) is 12.8. The maximum absolute atomic E-state index is 12.3. The van der Waals surface area contributed by atoms with Crippen LogP contribution in [0.2, 0.25) is 0 Å². The summed E-state index contributed by atoms with van der Waals surface area (Å²) in [5.41, 5.74) is 1.39. The Morgan fingerprint density at radius 2 is 1.91 bits per heavy atom. The van der Waals surface area contributed by atoms with E-state index in [1.54, 1.807) is 12.1 Å². The fourth-order valence-corrected chi connectivity index (χ4v) is 2.24. The van der Waals surface area contributed by atoms with Gasteiger partial charge in [-0.3, -0.25) is 4.79 Å². The lowest BCUT2D eigenvalue weighted by Crippen LogP contribution is -2.12. The van der Waals surface area contributed by atoms with Gasteiger partial charge in [0.1, 0.15) is 5.75 Å². The molecule has 2 aromatic rings. The van der Waals surface area contributed by atoms with Gasteiger partial charge >= 0.3 is 0 Å². The molecular formula is C18H20INO2. The van der Waals surface area contributed by atoms with E-state index in [9.17, 15) is 4.79 Å². The fraction of sp³-hybridized carbons (Fsp3) is 0.278. The number of amides is 1. The van der Waals surface area contributed by atoms with Crippen LogP contribution in [0.25, 0.3) is 0 Å². The summed E-state index contributed by atoms with van der Waals surface area (Å²) >= 11 is 2.23. The lowest BCUT2D eigenvalue weighted by atomic mass is 10.1. The van der Waals surface area contributed by atoms with E-state index in [2.05, 4.69) is 41.8 Å².